The maximum absolute atomic E-state index is 11.6. The largest absolute Gasteiger partial charge is 0.383 e. The summed E-state index contributed by atoms with van der Waals surface area (Å²) in [5, 5.41) is 0.856. The first-order chi connectivity index (χ1) is 8.74. The summed E-state index contributed by atoms with van der Waals surface area (Å²) in [5.41, 5.74) is 7.68. The first-order valence-corrected chi connectivity index (χ1v) is 6.01. The normalized spacial score (nSPS) is 14.7. The first-order valence-electron chi connectivity index (χ1n) is 6.01. The number of hydrogen-bond acceptors (Lipinski definition) is 4. The smallest absolute Gasteiger partial charge is 0.222 e. The zero-order chi connectivity index (χ0) is 12.5. The fourth-order valence-electron chi connectivity index (χ4n) is 2.31. The second kappa shape index (κ2) is 5.40. The number of nitrogens with two attached hydrogens (primary N) is 1. The number of anilines is 1. The monoisotopic (exact) mass is 278 g/mol. The Labute approximate surface area is 117 Å². The number of rotatable bonds is 2. The Kier molecular flexibility index (Phi) is 3.85. The Bertz CT molecular complexity index is 617. The van der Waals surface area contributed by atoms with Gasteiger partial charge in [-0.1, -0.05) is 6.07 Å². The number of carbonyl (C=O) groups excluding carboxylic acids is 1. The van der Waals surface area contributed by atoms with Crippen molar-refractivity contribution in [1.82, 2.24) is 14.9 Å². The van der Waals surface area contributed by atoms with Crippen molar-refractivity contribution in [1.29, 1.82) is 0 Å². The molecule has 0 aliphatic carbocycles. The van der Waals surface area contributed by atoms with E-state index in [-0.39, 0.29) is 18.3 Å². The summed E-state index contributed by atoms with van der Waals surface area (Å²) in [7, 11) is 0. The van der Waals surface area contributed by atoms with Gasteiger partial charge < -0.3 is 10.6 Å². The van der Waals surface area contributed by atoms with Crippen LogP contribution in [0.3, 0.4) is 0 Å². The van der Waals surface area contributed by atoms with Crippen molar-refractivity contribution in [3.63, 3.8) is 0 Å². The van der Waals surface area contributed by atoms with Crippen LogP contribution in [0.5, 0.6) is 0 Å². The summed E-state index contributed by atoms with van der Waals surface area (Å²) in [6, 6.07) is 5.87. The van der Waals surface area contributed by atoms with E-state index < -0.39 is 0 Å². The molecular formula is C13H15ClN4O. The molecule has 2 heterocycles. The number of likely N-dealkylation sites (tertiary alicyclic amines) is 1. The molecule has 1 saturated heterocycles. The van der Waals surface area contributed by atoms with Gasteiger partial charge in [0.15, 0.2) is 0 Å². The van der Waals surface area contributed by atoms with Gasteiger partial charge in [0.25, 0.3) is 0 Å². The van der Waals surface area contributed by atoms with Crippen molar-refractivity contribution in [2.24, 2.45) is 0 Å². The average molecular weight is 279 g/mol. The van der Waals surface area contributed by atoms with E-state index in [1.807, 2.05) is 23.1 Å². The van der Waals surface area contributed by atoms with Crippen LogP contribution in [0.15, 0.2) is 24.5 Å². The van der Waals surface area contributed by atoms with Crippen molar-refractivity contribution in [2.75, 3.05) is 12.3 Å². The van der Waals surface area contributed by atoms with Gasteiger partial charge in [-0.05, 0) is 24.1 Å². The van der Waals surface area contributed by atoms with Gasteiger partial charge in [-0.2, -0.15) is 0 Å². The maximum atomic E-state index is 11.6. The Hall–Kier alpha value is -1.88. The molecule has 1 amide bonds. The lowest BCUT2D eigenvalue weighted by Gasteiger charge is -2.15. The third-order valence-electron chi connectivity index (χ3n) is 3.28. The quantitative estimate of drug-likeness (QED) is 0.908. The van der Waals surface area contributed by atoms with Crippen LogP contribution >= 0.6 is 12.4 Å². The van der Waals surface area contributed by atoms with Gasteiger partial charge in [0.05, 0.1) is 5.52 Å². The summed E-state index contributed by atoms with van der Waals surface area (Å²) < 4.78 is 0. The van der Waals surface area contributed by atoms with Gasteiger partial charge in [-0.3, -0.25) is 4.79 Å². The van der Waals surface area contributed by atoms with Crippen LogP contribution in [0.2, 0.25) is 0 Å². The van der Waals surface area contributed by atoms with Crippen LogP contribution in [0.25, 0.3) is 10.9 Å². The molecule has 0 unspecified atom stereocenters. The molecule has 1 aliphatic heterocycles. The number of aromatic nitrogens is 2. The standard InChI is InChI=1S/C13H14N4O.ClH/c14-13-10-4-3-9(6-11(10)15-8-16-13)7-17-5-1-2-12(17)18;/h3-4,6,8H,1-2,5,7H2,(H2,14,15,16);1H. The molecule has 0 radical (unpaired) electrons. The lowest BCUT2D eigenvalue weighted by atomic mass is 10.1. The van der Waals surface area contributed by atoms with E-state index in [0.29, 0.717) is 18.8 Å². The highest BCUT2D eigenvalue weighted by Crippen LogP contribution is 2.20. The molecule has 3 rings (SSSR count). The molecule has 1 fully saturated rings. The second-order valence-corrected chi connectivity index (χ2v) is 4.53. The van der Waals surface area contributed by atoms with Crippen molar-refractivity contribution < 1.29 is 4.79 Å². The Morgan fingerprint density at radius 3 is 2.89 bits per heavy atom. The molecule has 2 aromatic rings. The van der Waals surface area contributed by atoms with E-state index in [1.54, 1.807) is 0 Å². The van der Waals surface area contributed by atoms with Crippen LogP contribution in [0.1, 0.15) is 18.4 Å². The van der Waals surface area contributed by atoms with Crippen molar-refractivity contribution >= 4 is 35.0 Å². The highest BCUT2D eigenvalue weighted by Gasteiger charge is 2.20. The molecule has 100 valence electrons. The third kappa shape index (κ3) is 2.61. The van der Waals surface area contributed by atoms with Crippen LogP contribution < -0.4 is 5.73 Å². The molecule has 5 nitrogen and oxygen atoms in total. The minimum atomic E-state index is 0. The van der Waals surface area contributed by atoms with E-state index in [2.05, 4.69) is 9.97 Å². The topological polar surface area (TPSA) is 72.1 Å². The van der Waals surface area contributed by atoms with Crippen LogP contribution in [-0.2, 0) is 11.3 Å². The molecule has 1 aromatic carbocycles. The minimum Gasteiger partial charge on any atom is -0.383 e. The van der Waals surface area contributed by atoms with Gasteiger partial charge >= 0.3 is 0 Å². The highest BCUT2D eigenvalue weighted by molar-refractivity contribution is 5.88. The second-order valence-electron chi connectivity index (χ2n) is 4.53. The predicted molar refractivity (Wildman–Crippen MR) is 75.8 cm³/mol. The molecule has 1 aliphatic rings. The van der Waals surface area contributed by atoms with Gasteiger partial charge in [0, 0.05) is 24.9 Å². The number of benzene rings is 1. The molecule has 2 N–H and O–H groups in total. The number of carbonyl (C=O) groups is 1. The molecule has 0 atom stereocenters. The van der Waals surface area contributed by atoms with E-state index in [9.17, 15) is 4.79 Å². The lowest BCUT2D eigenvalue weighted by molar-refractivity contribution is -0.128. The number of amides is 1. The number of fused-ring (bicyclic) bond motifs is 1. The first kappa shape index (κ1) is 13.5. The van der Waals surface area contributed by atoms with Crippen LogP contribution in [-0.4, -0.2) is 27.3 Å². The zero-order valence-electron chi connectivity index (χ0n) is 10.4. The van der Waals surface area contributed by atoms with Crippen molar-refractivity contribution in [3.05, 3.63) is 30.1 Å². The van der Waals surface area contributed by atoms with Crippen molar-refractivity contribution in [2.45, 2.75) is 19.4 Å². The number of nitrogens with zero attached hydrogens (tertiary/aromatic N) is 3. The lowest BCUT2D eigenvalue weighted by Crippen LogP contribution is -2.23. The number of hydrogen-bond donors (Lipinski definition) is 1. The molecule has 6 heteroatoms. The molecular weight excluding hydrogens is 264 g/mol. The predicted octanol–water partition coefficient (Wildman–Crippen LogP) is 1.76. The third-order valence-corrected chi connectivity index (χ3v) is 3.28. The molecule has 0 saturated carbocycles. The van der Waals surface area contributed by atoms with Gasteiger partial charge in [-0.15, -0.1) is 12.4 Å². The number of nitrogen functional groups attached to an aromatic ring is 1. The zero-order valence-corrected chi connectivity index (χ0v) is 11.2. The summed E-state index contributed by atoms with van der Waals surface area (Å²) in [5.74, 6) is 0.723. The summed E-state index contributed by atoms with van der Waals surface area (Å²) in [6.07, 6.45) is 3.09. The fraction of sp³-hybridized carbons (Fsp3) is 0.308. The van der Waals surface area contributed by atoms with Gasteiger partial charge in [-0.25, -0.2) is 9.97 Å². The van der Waals surface area contributed by atoms with E-state index in [0.717, 1.165) is 29.4 Å². The van der Waals surface area contributed by atoms with E-state index >= 15 is 0 Å². The molecule has 0 bridgehead atoms. The van der Waals surface area contributed by atoms with E-state index in [4.69, 9.17) is 5.73 Å². The average Bonchev–Trinajstić information content (AvgIpc) is 2.75. The van der Waals surface area contributed by atoms with Crippen LogP contribution in [0, 0.1) is 0 Å². The highest BCUT2D eigenvalue weighted by atomic mass is 35.5. The Morgan fingerprint density at radius 2 is 2.16 bits per heavy atom. The Balaban J connectivity index is 0.00000133. The molecule has 19 heavy (non-hydrogen) atoms. The summed E-state index contributed by atoms with van der Waals surface area (Å²) >= 11 is 0. The maximum Gasteiger partial charge on any atom is 0.222 e. The Morgan fingerprint density at radius 1 is 1.32 bits per heavy atom. The summed E-state index contributed by atoms with van der Waals surface area (Å²) in [6.45, 7) is 1.50. The summed E-state index contributed by atoms with van der Waals surface area (Å²) in [4.78, 5) is 21.6. The van der Waals surface area contributed by atoms with Gasteiger partial charge in [0.1, 0.15) is 12.1 Å². The SMILES string of the molecule is Cl.Nc1ncnc2cc(CN3CCCC3=O)ccc12. The number of halogens is 1. The minimum absolute atomic E-state index is 0. The van der Waals surface area contributed by atoms with Gasteiger partial charge in [0.2, 0.25) is 5.91 Å². The van der Waals surface area contributed by atoms with E-state index in [1.165, 1.54) is 6.33 Å². The van der Waals surface area contributed by atoms with Crippen LogP contribution in [0.4, 0.5) is 5.82 Å². The van der Waals surface area contributed by atoms with Crippen molar-refractivity contribution in [3.8, 4) is 0 Å². The fourth-order valence-corrected chi connectivity index (χ4v) is 2.31. The molecule has 0 spiro atoms. The molecule has 1 aromatic heterocycles.